The molecule has 1 fully saturated rings. The van der Waals surface area contributed by atoms with E-state index in [9.17, 15) is 0 Å². The average Bonchev–Trinajstić information content (AvgIpc) is 2.57. The van der Waals surface area contributed by atoms with Gasteiger partial charge in [0.25, 0.3) is 0 Å². The van der Waals surface area contributed by atoms with Gasteiger partial charge in [-0.3, -0.25) is 5.01 Å². The second-order valence-corrected chi connectivity index (χ2v) is 4.35. The van der Waals surface area contributed by atoms with Crippen molar-refractivity contribution in [3.63, 3.8) is 0 Å². The van der Waals surface area contributed by atoms with E-state index in [1.165, 1.54) is 25.0 Å². The summed E-state index contributed by atoms with van der Waals surface area (Å²) in [7, 11) is 2.12. The third-order valence-corrected chi connectivity index (χ3v) is 3.75. The molecule has 0 amide bonds. The van der Waals surface area contributed by atoms with Crippen molar-refractivity contribution in [1.29, 1.82) is 0 Å². The zero-order valence-electron chi connectivity index (χ0n) is 7.67. The number of hydrogen-bond donors (Lipinski definition) is 0. The minimum Gasteiger partial charge on any atom is -0.290 e. The molecule has 1 aliphatic heterocycles. The largest absolute Gasteiger partial charge is 0.290 e. The minimum atomic E-state index is 0.333. The number of hydrazone groups is 1. The van der Waals surface area contributed by atoms with Gasteiger partial charge in [-0.1, -0.05) is 6.08 Å². The van der Waals surface area contributed by atoms with Crippen LogP contribution in [-0.4, -0.2) is 23.3 Å². The number of nitrogens with zero attached hydrogens (tertiary/aromatic N) is 2. The lowest BCUT2D eigenvalue weighted by Gasteiger charge is -2.36. The Hall–Kier alpha value is -0.790. The molecule has 3 aliphatic rings. The molecular formula is C10H14N2. The highest BCUT2D eigenvalue weighted by atomic mass is 15.5. The first-order valence-electron chi connectivity index (χ1n) is 4.73. The fourth-order valence-electron chi connectivity index (χ4n) is 3.03. The maximum Gasteiger partial charge on any atom is 0.0767 e. The molecule has 3 rings (SSSR count). The van der Waals surface area contributed by atoms with Crippen LogP contribution in [0.2, 0.25) is 0 Å². The zero-order chi connectivity index (χ0) is 8.34. The molecule has 0 aromatic rings. The molecule has 2 aliphatic carbocycles. The average molecular weight is 162 g/mol. The summed E-state index contributed by atoms with van der Waals surface area (Å²) < 4.78 is 0. The first kappa shape index (κ1) is 6.70. The van der Waals surface area contributed by atoms with Crippen molar-refractivity contribution in [2.45, 2.75) is 31.7 Å². The Bertz CT molecular complexity index is 303. The Morgan fingerprint density at radius 2 is 2.50 bits per heavy atom. The highest BCUT2D eigenvalue weighted by molar-refractivity contribution is 6.00. The Balaban J connectivity index is 2.16. The molecule has 0 radical (unpaired) electrons. The van der Waals surface area contributed by atoms with E-state index in [-0.39, 0.29) is 0 Å². The predicted octanol–water partition coefficient (Wildman–Crippen LogP) is 1.79. The SMILES string of the molecule is CC1=NN(C)C23C=C1C(CC2)C3. The first-order chi connectivity index (χ1) is 5.71. The fourth-order valence-corrected chi connectivity index (χ4v) is 3.03. The van der Waals surface area contributed by atoms with E-state index in [2.05, 4.69) is 30.2 Å². The lowest BCUT2D eigenvalue weighted by Crippen LogP contribution is -2.40. The molecule has 2 atom stereocenters. The second kappa shape index (κ2) is 1.76. The lowest BCUT2D eigenvalue weighted by atomic mass is 9.92. The maximum absolute atomic E-state index is 4.56. The van der Waals surface area contributed by atoms with Crippen molar-refractivity contribution >= 4 is 5.71 Å². The normalized spacial score (nSPS) is 43.2. The van der Waals surface area contributed by atoms with Crippen LogP contribution in [0.25, 0.3) is 0 Å². The number of hydrogen-bond acceptors (Lipinski definition) is 2. The highest BCUT2D eigenvalue weighted by Crippen LogP contribution is 2.52. The topological polar surface area (TPSA) is 15.6 Å². The summed E-state index contributed by atoms with van der Waals surface area (Å²) in [5.41, 5.74) is 3.12. The number of fused-ring (bicyclic) bond motifs is 2. The van der Waals surface area contributed by atoms with Crippen LogP contribution in [0.3, 0.4) is 0 Å². The van der Waals surface area contributed by atoms with Gasteiger partial charge >= 0.3 is 0 Å². The molecule has 1 saturated carbocycles. The van der Waals surface area contributed by atoms with Crippen molar-refractivity contribution in [3.05, 3.63) is 11.6 Å². The van der Waals surface area contributed by atoms with Crippen molar-refractivity contribution in [3.8, 4) is 0 Å². The van der Waals surface area contributed by atoms with Gasteiger partial charge in [-0.15, -0.1) is 0 Å². The van der Waals surface area contributed by atoms with Crippen LogP contribution in [0.4, 0.5) is 0 Å². The van der Waals surface area contributed by atoms with Crippen molar-refractivity contribution < 1.29 is 0 Å². The summed E-state index contributed by atoms with van der Waals surface area (Å²) >= 11 is 0. The molecule has 0 N–H and O–H groups in total. The van der Waals surface area contributed by atoms with Gasteiger partial charge in [-0.25, -0.2) is 0 Å². The molecule has 1 heterocycles. The standard InChI is InChI=1S/C10H14N2/c1-7-9-6-10(12(2)11-7)4-3-8(9)5-10/h6,8H,3-5H2,1-2H3. The third kappa shape index (κ3) is 0.563. The number of rotatable bonds is 0. The van der Waals surface area contributed by atoms with E-state index in [1.54, 1.807) is 5.57 Å². The molecule has 2 nitrogen and oxygen atoms in total. The quantitative estimate of drug-likeness (QED) is 0.530. The minimum absolute atomic E-state index is 0.333. The van der Waals surface area contributed by atoms with Crippen LogP contribution < -0.4 is 0 Å². The summed E-state index contributed by atoms with van der Waals surface area (Å²) in [5, 5.41) is 6.74. The molecule has 3 bridgehead atoms. The molecule has 2 unspecified atom stereocenters. The van der Waals surface area contributed by atoms with Gasteiger partial charge in [-0.05, 0) is 37.7 Å². The van der Waals surface area contributed by atoms with Crippen molar-refractivity contribution in [2.24, 2.45) is 11.0 Å². The summed E-state index contributed by atoms with van der Waals surface area (Å²) in [6, 6.07) is 0. The monoisotopic (exact) mass is 162 g/mol. The smallest absolute Gasteiger partial charge is 0.0767 e. The molecule has 1 spiro atoms. The van der Waals surface area contributed by atoms with Gasteiger partial charge in [0.15, 0.2) is 0 Å². The van der Waals surface area contributed by atoms with E-state index < -0.39 is 0 Å². The van der Waals surface area contributed by atoms with Gasteiger partial charge < -0.3 is 0 Å². The molecule has 0 aromatic heterocycles. The van der Waals surface area contributed by atoms with Crippen LogP contribution in [0.5, 0.6) is 0 Å². The van der Waals surface area contributed by atoms with Gasteiger partial charge in [0.1, 0.15) is 0 Å². The fraction of sp³-hybridized carbons (Fsp3) is 0.700. The van der Waals surface area contributed by atoms with E-state index >= 15 is 0 Å². The summed E-state index contributed by atoms with van der Waals surface area (Å²) in [6.45, 7) is 2.13. The van der Waals surface area contributed by atoms with Crippen LogP contribution in [0, 0.1) is 5.92 Å². The predicted molar refractivity (Wildman–Crippen MR) is 49.0 cm³/mol. The van der Waals surface area contributed by atoms with E-state index in [4.69, 9.17) is 0 Å². The van der Waals surface area contributed by atoms with E-state index in [0.717, 1.165) is 5.92 Å². The van der Waals surface area contributed by atoms with E-state index in [1.807, 2.05) is 0 Å². The number of allylic oxidation sites excluding steroid dienone is 1. The first-order valence-corrected chi connectivity index (χ1v) is 4.73. The zero-order valence-corrected chi connectivity index (χ0v) is 7.67. The highest BCUT2D eigenvalue weighted by Gasteiger charge is 2.50. The summed E-state index contributed by atoms with van der Waals surface area (Å²) in [4.78, 5) is 0. The molecular weight excluding hydrogens is 148 g/mol. The Labute approximate surface area is 72.9 Å². The Morgan fingerprint density at radius 3 is 3.33 bits per heavy atom. The van der Waals surface area contributed by atoms with Crippen LogP contribution >= 0.6 is 0 Å². The van der Waals surface area contributed by atoms with Gasteiger partial charge in [0, 0.05) is 7.05 Å². The Morgan fingerprint density at radius 1 is 1.67 bits per heavy atom. The van der Waals surface area contributed by atoms with Crippen molar-refractivity contribution in [1.82, 2.24) is 5.01 Å². The number of likely N-dealkylation sites (N-methyl/N-ethyl adjacent to an activating group) is 1. The molecule has 0 saturated heterocycles. The van der Waals surface area contributed by atoms with Gasteiger partial charge in [0.2, 0.25) is 0 Å². The van der Waals surface area contributed by atoms with Gasteiger partial charge in [0.05, 0.1) is 11.3 Å². The van der Waals surface area contributed by atoms with Crippen LogP contribution in [0.1, 0.15) is 26.2 Å². The van der Waals surface area contributed by atoms with Crippen LogP contribution in [-0.2, 0) is 0 Å². The van der Waals surface area contributed by atoms with Crippen LogP contribution in [0.15, 0.2) is 16.8 Å². The van der Waals surface area contributed by atoms with Gasteiger partial charge in [-0.2, -0.15) is 5.10 Å². The lowest BCUT2D eigenvalue weighted by molar-refractivity contribution is 0.182. The maximum atomic E-state index is 4.56. The second-order valence-electron chi connectivity index (χ2n) is 4.35. The Kier molecular flexibility index (Phi) is 0.980. The third-order valence-electron chi connectivity index (χ3n) is 3.75. The summed E-state index contributed by atoms with van der Waals surface area (Å²) in [5.74, 6) is 0.832. The van der Waals surface area contributed by atoms with E-state index in [0.29, 0.717) is 5.54 Å². The molecule has 0 aromatic carbocycles. The molecule has 64 valence electrons. The van der Waals surface area contributed by atoms with Crippen molar-refractivity contribution in [2.75, 3.05) is 7.05 Å². The molecule has 2 heteroatoms. The molecule has 12 heavy (non-hydrogen) atoms. The summed E-state index contributed by atoms with van der Waals surface area (Å²) in [6.07, 6.45) is 6.47.